The van der Waals surface area contributed by atoms with E-state index in [0.717, 1.165) is 0 Å². The Morgan fingerprint density at radius 2 is 0.913 bits per heavy atom. The molecule has 0 aromatic carbocycles. The van der Waals surface area contributed by atoms with Crippen LogP contribution in [0.25, 0.3) is 0 Å². The number of aliphatic hydroxyl groups is 8. The smallest absolute Gasteiger partial charge is 0.189 e. The van der Waals surface area contributed by atoms with Gasteiger partial charge in [0.25, 0.3) is 0 Å². The molecular weight excluding hydrogens is 320 g/mol. The largest absolute Gasteiger partial charge is 0.394 e. The summed E-state index contributed by atoms with van der Waals surface area (Å²) in [5.74, 6) is 0. The lowest BCUT2D eigenvalue weighted by Crippen LogP contribution is -2.63. The first kappa shape index (κ1) is 18.9. The van der Waals surface area contributed by atoms with Crippen LogP contribution in [0.4, 0.5) is 0 Å². The molecule has 0 aromatic heterocycles. The van der Waals surface area contributed by atoms with E-state index in [0.29, 0.717) is 0 Å². The minimum absolute atomic E-state index is 0.667. The summed E-state index contributed by atoms with van der Waals surface area (Å²) in [5.41, 5.74) is 0. The summed E-state index contributed by atoms with van der Waals surface area (Å²) < 4.78 is 15.3. The first-order valence-electron chi connectivity index (χ1n) is 7.08. The normalized spacial score (nSPS) is 51.7. The fourth-order valence-corrected chi connectivity index (χ4v) is 2.49. The lowest BCUT2D eigenvalue weighted by atomic mass is 9.98. The third-order valence-corrected chi connectivity index (χ3v) is 3.97. The number of hydrogen-bond donors (Lipinski definition) is 8. The van der Waals surface area contributed by atoms with E-state index in [1.54, 1.807) is 0 Å². The van der Waals surface area contributed by atoms with Crippen LogP contribution in [0.5, 0.6) is 0 Å². The summed E-state index contributed by atoms with van der Waals surface area (Å²) in [7, 11) is 0. The fraction of sp³-hybridized carbons (Fsp3) is 1.00. The molecule has 8 N–H and O–H groups in total. The van der Waals surface area contributed by atoms with Crippen molar-refractivity contribution >= 4 is 0 Å². The molecule has 0 aromatic rings. The molecule has 0 unspecified atom stereocenters. The van der Waals surface area contributed by atoms with Crippen molar-refractivity contribution in [2.45, 2.75) is 61.4 Å². The van der Waals surface area contributed by atoms with E-state index in [2.05, 4.69) is 0 Å². The van der Waals surface area contributed by atoms with Crippen LogP contribution in [0, 0.1) is 0 Å². The summed E-state index contributed by atoms with van der Waals surface area (Å²) >= 11 is 0. The maximum Gasteiger partial charge on any atom is 0.189 e. The van der Waals surface area contributed by atoms with Gasteiger partial charge in [-0.3, -0.25) is 0 Å². The zero-order chi connectivity index (χ0) is 17.3. The lowest BCUT2D eigenvalue weighted by Gasteiger charge is -2.44. The van der Waals surface area contributed by atoms with Crippen LogP contribution < -0.4 is 0 Å². The van der Waals surface area contributed by atoms with E-state index in [9.17, 15) is 30.6 Å². The Morgan fingerprint density at radius 3 is 1.22 bits per heavy atom. The van der Waals surface area contributed by atoms with Gasteiger partial charge in [0.05, 0.1) is 13.2 Å². The van der Waals surface area contributed by atoms with Crippen LogP contribution in [0.15, 0.2) is 0 Å². The molecule has 10 atom stereocenters. The molecule has 23 heavy (non-hydrogen) atoms. The summed E-state index contributed by atoms with van der Waals surface area (Å²) in [4.78, 5) is 0. The van der Waals surface area contributed by atoms with Gasteiger partial charge in [-0.1, -0.05) is 0 Å². The van der Waals surface area contributed by atoms with Crippen molar-refractivity contribution in [2.24, 2.45) is 0 Å². The second kappa shape index (κ2) is 7.63. The monoisotopic (exact) mass is 342 g/mol. The molecule has 2 saturated heterocycles. The number of hydrogen-bond acceptors (Lipinski definition) is 11. The van der Waals surface area contributed by atoms with Gasteiger partial charge in [-0.25, -0.2) is 0 Å². The minimum Gasteiger partial charge on any atom is -0.394 e. The molecule has 11 heteroatoms. The molecule has 2 fully saturated rings. The van der Waals surface area contributed by atoms with Gasteiger partial charge in [-0.15, -0.1) is 0 Å². The van der Waals surface area contributed by atoms with Gasteiger partial charge in [-0.05, 0) is 0 Å². The molecule has 2 aliphatic rings. The van der Waals surface area contributed by atoms with E-state index in [-0.39, 0.29) is 0 Å². The molecule has 0 aliphatic carbocycles. The highest BCUT2D eigenvalue weighted by molar-refractivity contribution is 4.92. The van der Waals surface area contributed by atoms with Crippen molar-refractivity contribution in [1.29, 1.82) is 0 Å². The molecule has 11 nitrogen and oxygen atoms in total. The summed E-state index contributed by atoms with van der Waals surface area (Å²) in [6, 6.07) is 0. The van der Waals surface area contributed by atoms with Crippen molar-refractivity contribution in [1.82, 2.24) is 0 Å². The fourth-order valence-electron chi connectivity index (χ4n) is 2.49. The van der Waals surface area contributed by atoms with E-state index >= 15 is 0 Å². The van der Waals surface area contributed by atoms with Crippen LogP contribution in [0.1, 0.15) is 0 Å². The molecule has 0 saturated carbocycles. The van der Waals surface area contributed by atoms with Crippen LogP contribution in [0.3, 0.4) is 0 Å². The Labute approximate surface area is 130 Å². The molecular formula is C12H22O11. The van der Waals surface area contributed by atoms with E-state index < -0.39 is 74.6 Å². The van der Waals surface area contributed by atoms with Gasteiger partial charge < -0.3 is 55.1 Å². The first-order chi connectivity index (χ1) is 10.8. The standard InChI is InChI=1S/C12H22O11/c13-1-3-5(15)7(17)9(19)11(21-3)23-12-10(20)8(18)6(16)4(2-14)22-12/h3-20H,1-2H2/t3-,4+,5-,6+,7-,8+,9-,10+,11-,12+. The van der Waals surface area contributed by atoms with Crippen molar-refractivity contribution in [3.8, 4) is 0 Å². The topological polar surface area (TPSA) is 190 Å². The van der Waals surface area contributed by atoms with Gasteiger partial charge >= 0.3 is 0 Å². The zero-order valence-electron chi connectivity index (χ0n) is 12.0. The average Bonchev–Trinajstić information content (AvgIpc) is 2.55. The van der Waals surface area contributed by atoms with Crippen molar-refractivity contribution in [2.75, 3.05) is 13.2 Å². The van der Waals surface area contributed by atoms with Gasteiger partial charge in [0, 0.05) is 0 Å². The maximum absolute atomic E-state index is 9.84. The zero-order valence-corrected chi connectivity index (χ0v) is 12.0. The highest BCUT2D eigenvalue weighted by Gasteiger charge is 2.49. The van der Waals surface area contributed by atoms with Gasteiger partial charge in [0.15, 0.2) is 12.6 Å². The van der Waals surface area contributed by atoms with Crippen LogP contribution in [0.2, 0.25) is 0 Å². The molecule has 2 aliphatic heterocycles. The third kappa shape index (κ3) is 3.65. The Balaban J connectivity index is 2.07. The first-order valence-corrected chi connectivity index (χ1v) is 7.08. The summed E-state index contributed by atoms with van der Waals surface area (Å²) in [6.45, 7) is -1.33. The predicted molar refractivity (Wildman–Crippen MR) is 68.6 cm³/mol. The summed E-state index contributed by atoms with van der Waals surface area (Å²) in [6.07, 6.45) is -15.6. The number of aliphatic hydroxyl groups excluding tert-OH is 8. The molecule has 2 rings (SSSR count). The Hall–Kier alpha value is -0.440. The van der Waals surface area contributed by atoms with E-state index in [1.807, 2.05) is 0 Å². The lowest BCUT2D eigenvalue weighted by molar-refractivity contribution is -0.376. The quantitative estimate of drug-likeness (QED) is 0.243. The Morgan fingerprint density at radius 1 is 0.565 bits per heavy atom. The third-order valence-electron chi connectivity index (χ3n) is 3.97. The maximum atomic E-state index is 9.84. The molecule has 0 radical (unpaired) electrons. The highest BCUT2D eigenvalue weighted by Crippen LogP contribution is 2.27. The number of rotatable bonds is 4. The second-order valence-electron chi connectivity index (χ2n) is 5.53. The van der Waals surface area contributed by atoms with Crippen molar-refractivity contribution in [3.05, 3.63) is 0 Å². The molecule has 0 spiro atoms. The van der Waals surface area contributed by atoms with E-state index in [1.165, 1.54) is 0 Å². The van der Waals surface area contributed by atoms with E-state index in [4.69, 9.17) is 24.4 Å². The van der Waals surface area contributed by atoms with Crippen molar-refractivity contribution < 1.29 is 55.1 Å². The van der Waals surface area contributed by atoms with Gasteiger partial charge in [0.2, 0.25) is 0 Å². The van der Waals surface area contributed by atoms with Crippen molar-refractivity contribution in [3.63, 3.8) is 0 Å². The van der Waals surface area contributed by atoms with Crippen LogP contribution >= 0.6 is 0 Å². The van der Waals surface area contributed by atoms with Gasteiger partial charge in [-0.2, -0.15) is 0 Å². The highest BCUT2D eigenvalue weighted by atomic mass is 16.8. The van der Waals surface area contributed by atoms with Gasteiger partial charge in [0.1, 0.15) is 48.8 Å². The SMILES string of the molecule is OC[C@@H]1O[C@@H](O[C@H]2O[C@H](CO)[C@@H](O)[C@@H](O)[C@H]2O)[C@@H](O)[C@@H](O)[C@H]1O. The predicted octanol–water partition coefficient (Wildman–Crippen LogP) is -5.40. The molecule has 2 heterocycles. The second-order valence-corrected chi connectivity index (χ2v) is 5.53. The Bertz CT molecular complexity index is 344. The van der Waals surface area contributed by atoms with Crippen LogP contribution in [-0.2, 0) is 14.2 Å². The molecule has 136 valence electrons. The van der Waals surface area contributed by atoms with Crippen LogP contribution in [-0.4, -0.2) is 115 Å². The Kier molecular flexibility index (Phi) is 6.27. The number of ether oxygens (including phenoxy) is 3. The minimum atomic E-state index is -1.72. The summed E-state index contributed by atoms with van der Waals surface area (Å²) in [5, 5.41) is 76.4. The molecule has 0 amide bonds. The average molecular weight is 342 g/mol. The molecule has 0 bridgehead atoms.